The molecule has 0 bridgehead atoms. The quantitative estimate of drug-likeness (QED) is 0.928. The van der Waals surface area contributed by atoms with Gasteiger partial charge >= 0.3 is 0 Å². The zero-order chi connectivity index (χ0) is 15.0. The van der Waals surface area contributed by atoms with Crippen LogP contribution in [0.2, 0.25) is 0 Å². The van der Waals surface area contributed by atoms with Crippen molar-refractivity contribution in [3.63, 3.8) is 0 Å². The highest BCUT2D eigenvalue weighted by Gasteiger charge is 2.37. The molecule has 2 unspecified atom stereocenters. The number of Topliss-reactive ketones (excluding diaryl/α,β-unsaturated/α-hetero) is 1. The minimum atomic E-state index is -0.620. The van der Waals surface area contributed by atoms with Crippen LogP contribution < -0.4 is 5.73 Å². The minimum absolute atomic E-state index is 0.0392. The Bertz CT molecular complexity index is 489. The molecule has 2 atom stereocenters. The molecule has 1 fully saturated rings. The van der Waals surface area contributed by atoms with Crippen molar-refractivity contribution in [3.8, 4) is 0 Å². The number of aromatic nitrogens is 1. The van der Waals surface area contributed by atoms with Gasteiger partial charge in [-0.3, -0.25) is 4.79 Å². The van der Waals surface area contributed by atoms with Crippen LogP contribution in [0.4, 0.5) is 0 Å². The van der Waals surface area contributed by atoms with Gasteiger partial charge < -0.3 is 5.73 Å². The van der Waals surface area contributed by atoms with E-state index < -0.39 is 5.54 Å². The Balaban J connectivity index is 2.06. The second kappa shape index (κ2) is 5.57. The Morgan fingerprint density at radius 1 is 1.55 bits per heavy atom. The highest BCUT2D eigenvalue weighted by molar-refractivity contribution is 7.09. The van der Waals surface area contributed by atoms with Gasteiger partial charge in [0.15, 0.2) is 5.78 Å². The largest absolute Gasteiger partial charge is 0.319 e. The average molecular weight is 294 g/mol. The number of carbonyl (C=O) groups is 1. The van der Waals surface area contributed by atoms with E-state index in [1.54, 1.807) is 11.3 Å². The van der Waals surface area contributed by atoms with Crippen LogP contribution >= 0.6 is 11.3 Å². The number of hydrogen-bond donors (Lipinski definition) is 1. The third-order valence-electron chi connectivity index (χ3n) is 4.22. The molecule has 112 valence electrons. The molecule has 0 spiro atoms. The second-order valence-corrected chi connectivity index (χ2v) is 8.28. The third kappa shape index (κ3) is 3.47. The SMILES string of the molecule is CC1CCCC(N)(C(=O)Cc2nc(C(C)(C)C)cs2)C1. The highest BCUT2D eigenvalue weighted by atomic mass is 32.1. The lowest BCUT2D eigenvalue weighted by Gasteiger charge is -2.35. The van der Waals surface area contributed by atoms with Crippen LogP contribution in [0.15, 0.2) is 5.38 Å². The van der Waals surface area contributed by atoms with Crippen molar-refractivity contribution in [2.45, 2.75) is 70.8 Å². The molecule has 1 saturated carbocycles. The zero-order valence-electron chi connectivity index (χ0n) is 13.0. The van der Waals surface area contributed by atoms with E-state index in [2.05, 4.69) is 38.1 Å². The van der Waals surface area contributed by atoms with E-state index in [-0.39, 0.29) is 11.2 Å². The Morgan fingerprint density at radius 3 is 2.80 bits per heavy atom. The van der Waals surface area contributed by atoms with Gasteiger partial charge in [-0.1, -0.05) is 40.5 Å². The molecule has 1 aromatic rings. The van der Waals surface area contributed by atoms with E-state index in [0.29, 0.717) is 12.3 Å². The first-order valence-electron chi connectivity index (χ1n) is 7.48. The standard InChI is InChI=1S/C16H26N2OS/c1-11-6-5-7-16(17,9-11)13(19)8-14-18-12(10-20-14)15(2,3)4/h10-11H,5-9,17H2,1-4H3. The number of ketones is 1. The van der Waals surface area contributed by atoms with Crippen molar-refractivity contribution in [1.29, 1.82) is 0 Å². The summed E-state index contributed by atoms with van der Waals surface area (Å²) in [6.45, 7) is 8.61. The number of nitrogens with two attached hydrogens (primary N) is 1. The van der Waals surface area contributed by atoms with Crippen molar-refractivity contribution < 1.29 is 4.79 Å². The molecule has 1 aliphatic rings. The normalized spacial score (nSPS) is 27.6. The molecular weight excluding hydrogens is 268 g/mol. The van der Waals surface area contributed by atoms with Crippen LogP contribution in [0.1, 0.15) is 64.1 Å². The summed E-state index contributed by atoms with van der Waals surface area (Å²) in [4.78, 5) is 17.1. The summed E-state index contributed by atoms with van der Waals surface area (Å²) >= 11 is 1.58. The fourth-order valence-electron chi connectivity index (χ4n) is 2.90. The van der Waals surface area contributed by atoms with Gasteiger partial charge in [-0.25, -0.2) is 4.98 Å². The van der Waals surface area contributed by atoms with Gasteiger partial charge in [0.05, 0.1) is 17.7 Å². The lowest BCUT2D eigenvalue weighted by molar-refractivity contribution is -0.125. The van der Waals surface area contributed by atoms with Crippen LogP contribution in [0, 0.1) is 5.92 Å². The summed E-state index contributed by atoms with van der Waals surface area (Å²) in [5, 5.41) is 2.97. The Morgan fingerprint density at radius 2 is 2.25 bits per heavy atom. The smallest absolute Gasteiger partial charge is 0.159 e. The van der Waals surface area contributed by atoms with E-state index in [4.69, 9.17) is 5.73 Å². The first-order valence-corrected chi connectivity index (χ1v) is 8.36. The number of nitrogens with zero attached hydrogens (tertiary/aromatic N) is 1. The fraction of sp³-hybridized carbons (Fsp3) is 0.750. The maximum absolute atomic E-state index is 12.5. The van der Waals surface area contributed by atoms with Gasteiger partial charge in [0.2, 0.25) is 0 Å². The predicted molar refractivity (Wildman–Crippen MR) is 84.1 cm³/mol. The maximum atomic E-state index is 12.5. The van der Waals surface area contributed by atoms with E-state index in [1.807, 2.05) is 0 Å². The lowest BCUT2D eigenvalue weighted by Crippen LogP contribution is -2.51. The van der Waals surface area contributed by atoms with Crippen LogP contribution in [0.5, 0.6) is 0 Å². The molecule has 2 N–H and O–H groups in total. The summed E-state index contributed by atoms with van der Waals surface area (Å²) in [6, 6.07) is 0. The van der Waals surface area contributed by atoms with Crippen molar-refractivity contribution >= 4 is 17.1 Å². The van der Waals surface area contributed by atoms with E-state index in [0.717, 1.165) is 30.0 Å². The predicted octanol–water partition coefficient (Wildman–Crippen LogP) is 3.46. The molecule has 3 nitrogen and oxygen atoms in total. The first-order chi connectivity index (χ1) is 9.21. The van der Waals surface area contributed by atoms with Crippen LogP contribution in [0.3, 0.4) is 0 Å². The molecule has 1 aromatic heterocycles. The van der Waals surface area contributed by atoms with E-state index in [9.17, 15) is 4.79 Å². The van der Waals surface area contributed by atoms with Crippen molar-refractivity contribution in [3.05, 3.63) is 16.1 Å². The van der Waals surface area contributed by atoms with Crippen LogP contribution in [0.25, 0.3) is 0 Å². The molecule has 0 amide bonds. The molecule has 2 rings (SSSR count). The zero-order valence-corrected chi connectivity index (χ0v) is 13.8. The summed E-state index contributed by atoms with van der Waals surface area (Å²) < 4.78 is 0. The Labute approximate surface area is 126 Å². The lowest BCUT2D eigenvalue weighted by atomic mass is 9.74. The fourth-order valence-corrected chi connectivity index (χ4v) is 3.91. The molecule has 0 aliphatic heterocycles. The number of rotatable bonds is 3. The molecule has 4 heteroatoms. The third-order valence-corrected chi connectivity index (χ3v) is 5.07. The van der Waals surface area contributed by atoms with Gasteiger partial charge in [-0.2, -0.15) is 0 Å². The molecule has 0 saturated heterocycles. The molecule has 0 aromatic carbocycles. The van der Waals surface area contributed by atoms with Gasteiger partial charge in [-0.15, -0.1) is 11.3 Å². The molecule has 20 heavy (non-hydrogen) atoms. The number of thiazole rings is 1. The minimum Gasteiger partial charge on any atom is -0.319 e. The van der Waals surface area contributed by atoms with Crippen molar-refractivity contribution in [1.82, 2.24) is 4.98 Å². The molecular formula is C16H26N2OS. The Hall–Kier alpha value is -0.740. The number of hydrogen-bond acceptors (Lipinski definition) is 4. The first kappa shape index (κ1) is 15.6. The molecule has 0 radical (unpaired) electrons. The van der Waals surface area contributed by atoms with E-state index >= 15 is 0 Å². The van der Waals surface area contributed by atoms with Gasteiger partial charge in [0.25, 0.3) is 0 Å². The second-order valence-electron chi connectivity index (χ2n) is 7.33. The summed E-state index contributed by atoms with van der Waals surface area (Å²) in [7, 11) is 0. The molecule has 1 heterocycles. The summed E-state index contributed by atoms with van der Waals surface area (Å²) in [6.07, 6.45) is 4.30. The number of carbonyl (C=O) groups excluding carboxylic acids is 1. The highest BCUT2D eigenvalue weighted by Crippen LogP contribution is 2.32. The summed E-state index contributed by atoms with van der Waals surface area (Å²) in [5.41, 5.74) is 6.84. The molecule has 1 aliphatic carbocycles. The Kier molecular flexibility index (Phi) is 4.35. The monoisotopic (exact) mass is 294 g/mol. The van der Waals surface area contributed by atoms with Gasteiger partial charge in [0, 0.05) is 10.8 Å². The average Bonchev–Trinajstić information content (AvgIpc) is 2.76. The topological polar surface area (TPSA) is 56.0 Å². The van der Waals surface area contributed by atoms with Crippen molar-refractivity contribution in [2.75, 3.05) is 0 Å². The summed E-state index contributed by atoms with van der Waals surface area (Å²) in [5.74, 6) is 0.720. The van der Waals surface area contributed by atoms with Gasteiger partial charge in [0.1, 0.15) is 5.01 Å². The maximum Gasteiger partial charge on any atom is 0.159 e. The van der Waals surface area contributed by atoms with Crippen LogP contribution in [-0.2, 0) is 16.6 Å². The van der Waals surface area contributed by atoms with Crippen molar-refractivity contribution in [2.24, 2.45) is 11.7 Å². The van der Waals surface area contributed by atoms with Gasteiger partial charge in [-0.05, 0) is 18.8 Å². The van der Waals surface area contributed by atoms with E-state index in [1.165, 1.54) is 6.42 Å². The van der Waals surface area contributed by atoms with Crippen LogP contribution in [-0.4, -0.2) is 16.3 Å².